The van der Waals surface area contributed by atoms with Crippen molar-refractivity contribution in [1.29, 1.82) is 0 Å². The molecule has 0 aliphatic carbocycles. The van der Waals surface area contributed by atoms with E-state index >= 15 is 0 Å². The number of halogens is 2. The first-order valence-corrected chi connectivity index (χ1v) is 7.71. The van der Waals surface area contributed by atoms with Crippen LogP contribution in [0.3, 0.4) is 0 Å². The molecule has 0 radical (unpaired) electrons. The second-order valence-electron chi connectivity index (χ2n) is 5.07. The fourth-order valence-electron chi connectivity index (χ4n) is 2.71. The van der Waals surface area contributed by atoms with E-state index in [1.165, 1.54) is 0 Å². The van der Waals surface area contributed by atoms with Crippen LogP contribution in [0.25, 0.3) is 0 Å². The molecule has 1 unspecified atom stereocenters. The van der Waals surface area contributed by atoms with Gasteiger partial charge in [0.25, 0.3) is 0 Å². The van der Waals surface area contributed by atoms with Crippen molar-refractivity contribution in [1.82, 2.24) is 0 Å². The van der Waals surface area contributed by atoms with Gasteiger partial charge in [-0.1, -0.05) is 29.8 Å². The summed E-state index contributed by atoms with van der Waals surface area (Å²) in [5.74, 6) is 1.75. The fraction of sp³-hybridized carbons (Fsp3) is 0.294. The molecule has 1 atom stereocenters. The Hall–Kier alpha value is -1.38. The molecule has 0 aromatic heterocycles. The molecule has 110 valence electrons. The number of fused-ring (bicyclic) bond motifs is 1. The Bertz CT molecular complexity index is 655. The Labute approximate surface area is 134 Å². The van der Waals surface area contributed by atoms with Crippen LogP contribution in [0.1, 0.15) is 22.1 Å². The van der Waals surface area contributed by atoms with Crippen molar-refractivity contribution in [2.24, 2.45) is 0 Å². The van der Waals surface area contributed by atoms with Crippen LogP contribution in [0.2, 0.25) is 5.02 Å². The van der Waals surface area contributed by atoms with E-state index in [0.717, 1.165) is 34.6 Å². The third kappa shape index (κ3) is 2.97. The van der Waals surface area contributed by atoms with Gasteiger partial charge in [-0.2, -0.15) is 0 Å². The summed E-state index contributed by atoms with van der Waals surface area (Å²) in [5.41, 5.74) is 3.18. The molecule has 2 aromatic carbocycles. The molecular formula is C17H16Cl2O2. The Morgan fingerprint density at radius 3 is 2.90 bits per heavy atom. The summed E-state index contributed by atoms with van der Waals surface area (Å²) in [4.78, 5) is 0. The van der Waals surface area contributed by atoms with Crippen molar-refractivity contribution < 1.29 is 9.47 Å². The van der Waals surface area contributed by atoms with Crippen molar-refractivity contribution in [3.63, 3.8) is 0 Å². The highest BCUT2D eigenvalue weighted by molar-refractivity contribution is 6.31. The van der Waals surface area contributed by atoms with Gasteiger partial charge in [-0.15, -0.1) is 11.6 Å². The molecule has 0 bridgehead atoms. The summed E-state index contributed by atoms with van der Waals surface area (Å²) in [6, 6.07) is 11.8. The Kier molecular flexibility index (Phi) is 4.27. The van der Waals surface area contributed by atoms with Gasteiger partial charge in [0.15, 0.2) is 0 Å². The van der Waals surface area contributed by atoms with Gasteiger partial charge >= 0.3 is 0 Å². The second-order valence-corrected chi connectivity index (χ2v) is 6.03. The molecule has 0 spiro atoms. The van der Waals surface area contributed by atoms with E-state index in [1.54, 1.807) is 7.11 Å². The van der Waals surface area contributed by atoms with Crippen LogP contribution < -0.4 is 9.47 Å². The van der Waals surface area contributed by atoms with Gasteiger partial charge in [0.05, 0.1) is 19.1 Å². The normalized spacial score (nSPS) is 14.4. The maximum absolute atomic E-state index is 6.63. The van der Waals surface area contributed by atoms with E-state index in [1.807, 2.05) is 36.4 Å². The quantitative estimate of drug-likeness (QED) is 0.752. The summed E-state index contributed by atoms with van der Waals surface area (Å²) < 4.78 is 11.1. The largest absolute Gasteiger partial charge is 0.496 e. The van der Waals surface area contributed by atoms with Gasteiger partial charge in [0.1, 0.15) is 11.5 Å². The first kappa shape index (κ1) is 14.6. The van der Waals surface area contributed by atoms with Gasteiger partial charge < -0.3 is 9.47 Å². The Morgan fingerprint density at radius 1 is 1.29 bits per heavy atom. The smallest absolute Gasteiger partial charge is 0.127 e. The van der Waals surface area contributed by atoms with E-state index in [-0.39, 0.29) is 5.38 Å². The molecule has 21 heavy (non-hydrogen) atoms. The molecular weight excluding hydrogens is 307 g/mol. The van der Waals surface area contributed by atoms with Gasteiger partial charge in [-0.25, -0.2) is 0 Å². The van der Waals surface area contributed by atoms with Crippen LogP contribution in [0.5, 0.6) is 11.5 Å². The molecule has 4 heteroatoms. The van der Waals surface area contributed by atoms with Crippen LogP contribution in [0.15, 0.2) is 36.4 Å². The second kappa shape index (κ2) is 6.17. The first-order valence-electron chi connectivity index (χ1n) is 6.90. The number of methoxy groups -OCH3 is 1. The predicted octanol–water partition coefficient (Wildman–Crippen LogP) is 4.81. The number of para-hydroxylation sites is 1. The zero-order chi connectivity index (χ0) is 14.8. The number of hydrogen-bond acceptors (Lipinski definition) is 2. The van der Waals surface area contributed by atoms with Crippen LogP contribution in [-0.4, -0.2) is 13.7 Å². The van der Waals surface area contributed by atoms with Gasteiger partial charge in [0, 0.05) is 17.0 Å². The molecule has 1 heterocycles. The predicted molar refractivity (Wildman–Crippen MR) is 85.9 cm³/mol. The monoisotopic (exact) mass is 322 g/mol. The summed E-state index contributed by atoms with van der Waals surface area (Å²) in [6.07, 6.45) is 1.56. The van der Waals surface area contributed by atoms with Crippen molar-refractivity contribution >= 4 is 23.2 Å². The van der Waals surface area contributed by atoms with Crippen LogP contribution >= 0.6 is 23.2 Å². The lowest BCUT2D eigenvalue weighted by Gasteiger charge is -2.16. The lowest BCUT2D eigenvalue weighted by Crippen LogP contribution is -2.01. The molecule has 0 saturated carbocycles. The van der Waals surface area contributed by atoms with Crippen molar-refractivity contribution in [2.45, 2.75) is 18.2 Å². The van der Waals surface area contributed by atoms with Crippen molar-refractivity contribution in [3.8, 4) is 11.5 Å². The van der Waals surface area contributed by atoms with E-state index in [9.17, 15) is 0 Å². The van der Waals surface area contributed by atoms with Crippen molar-refractivity contribution in [2.75, 3.05) is 13.7 Å². The van der Waals surface area contributed by atoms with E-state index in [4.69, 9.17) is 32.7 Å². The molecule has 1 aliphatic rings. The molecule has 0 saturated heterocycles. The molecule has 0 amide bonds. The third-order valence-electron chi connectivity index (χ3n) is 3.71. The SMILES string of the molecule is COc1ccccc1CC(Cl)c1cc(Cl)cc2c1OCC2. The highest BCUT2D eigenvalue weighted by Gasteiger charge is 2.23. The molecule has 3 rings (SSSR count). The number of alkyl halides is 1. The maximum atomic E-state index is 6.63. The molecule has 2 nitrogen and oxygen atoms in total. The number of benzene rings is 2. The summed E-state index contributed by atoms with van der Waals surface area (Å²) in [6.45, 7) is 0.695. The lowest BCUT2D eigenvalue weighted by molar-refractivity contribution is 0.353. The average Bonchev–Trinajstić information content (AvgIpc) is 2.94. The maximum Gasteiger partial charge on any atom is 0.127 e. The zero-order valence-corrected chi connectivity index (χ0v) is 13.2. The highest BCUT2D eigenvalue weighted by atomic mass is 35.5. The summed E-state index contributed by atoms with van der Waals surface area (Å²) >= 11 is 12.8. The van der Waals surface area contributed by atoms with Crippen LogP contribution in [0, 0.1) is 0 Å². The lowest BCUT2D eigenvalue weighted by atomic mass is 10.00. The minimum absolute atomic E-state index is 0.202. The Morgan fingerprint density at radius 2 is 2.10 bits per heavy atom. The van der Waals surface area contributed by atoms with E-state index in [0.29, 0.717) is 18.1 Å². The average molecular weight is 323 g/mol. The fourth-order valence-corrected chi connectivity index (χ4v) is 3.28. The molecule has 0 fully saturated rings. The zero-order valence-electron chi connectivity index (χ0n) is 11.7. The third-order valence-corrected chi connectivity index (χ3v) is 4.31. The van der Waals surface area contributed by atoms with Crippen LogP contribution in [-0.2, 0) is 12.8 Å². The minimum Gasteiger partial charge on any atom is -0.496 e. The van der Waals surface area contributed by atoms with Gasteiger partial charge in [-0.05, 0) is 35.7 Å². The Balaban J connectivity index is 1.91. The topological polar surface area (TPSA) is 18.5 Å². The minimum atomic E-state index is -0.202. The van der Waals surface area contributed by atoms with Gasteiger partial charge in [-0.3, -0.25) is 0 Å². The summed E-state index contributed by atoms with van der Waals surface area (Å²) in [5, 5.41) is 0.506. The molecule has 1 aliphatic heterocycles. The molecule has 2 aromatic rings. The summed E-state index contributed by atoms with van der Waals surface area (Å²) in [7, 11) is 1.67. The van der Waals surface area contributed by atoms with E-state index < -0.39 is 0 Å². The van der Waals surface area contributed by atoms with Crippen molar-refractivity contribution in [3.05, 3.63) is 58.1 Å². The first-order chi connectivity index (χ1) is 10.2. The molecule has 0 N–H and O–H groups in total. The van der Waals surface area contributed by atoms with E-state index in [2.05, 4.69) is 0 Å². The number of ether oxygens (including phenoxy) is 2. The number of hydrogen-bond donors (Lipinski definition) is 0. The van der Waals surface area contributed by atoms with Crippen LogP contribution in [0.4, 0.5) is 0 Å². The highest BCUT2D eigenvalue weighted by Crippen LogP contribution is 2.40. The van der Waals surface area contributed by atoms with Gasteiger partial charge in [0.2, 0.25) is 0 Å². The number of rotatable bonds is 4. The standard InChI is InChI=1S/C17H16Cl2O2/c1-20-16-5-3-2-4-11(16)9-15(19)14-10-13(18)8-12-6-7-21-17(12)14/h2-5,8,10,15H,6-7,9H2,1H3.